The molecule has 0 unspecified atom stereocenters. The number of carbonyl (C=O) groups excluding carboxylic acids is 1. The van der Waals surface area contributed by atoms with Gasteiger partial charge >= 0.3 is 0 Å². The summed E-state index contributed by atoms with van der Waals surface area (Å²) >= 11 is 0. The van der Waals surface area contributed by atoms with Crippen molar-refractivity contribution in [1.29, 1.82) is 0 Å². The molecule has 0 N–H and O–H groups in total. The number of rotatable bonds is 8. The summed E-state index contributed by atoms with van der Waals surface area (Å²) in [4.78, 5) is 19.4. The smallest absolute Gasteiger partial charge is 0.247 e. The fourth-order valence-corrected chi connectivity index (χ4v) is 3.45. The van der Waals surface area contributed by atoms with Gasteiger partial charge in [0.15, 0.2) is 0 Å². The minimum Gasteiger partial charge on any atom is -0.421 e. The maximum atomic E-state index is 13.2. The van der Waals surface area contributed by atoms with Gasteiger partial charge in [-0.2, -0.15) is 0 Å². The Morgan fingerprint density at radius 3 is 2.44 bits per heavy atom. The van der Waals surface area contributed by atoms with E-state index in [2.05, 4.69) is 34.2 Å². The largest absolute Gasteiger partial charge is 0.421 e. The van der Waals surface area contributed by atoms with Gasteiger partial charge in [0.05, 0.1) is 12.2 Å². The van der Waals surface area contributed by atoms with Crippen LogP contribution in [-0.4, -0.2) is 26.0 Å². The molecule has 0 atom stereocenters. The van der Waals surface area contributed by atoms with Gasteiger partial charge in [-0.1, -0.05) is 48.0 Å². The van der Waals surface area contributed by atoms with Gasteiger partial charge in [0.25, 0.3) is 0 Å². The van der Waals surface area contributed by atoms with Gasteiger partial charge in [0, 0.05) is 31.1 Å². The summed E-state index contributed by atoms with van der Waals surface area (Å²) in [7, 11) is 0. The second-order valence-corrected chi connectivity index (χ2v) is 7.86. The zero-order valence-electron chi connectivity index (χ0n) is 18.4. The predicted molar refractivity (Wildman–Crippen MR) is 122 cm³/mol. The van der Waals surface area contributed by atoms with E-state index in [0.29, 0.717) is 31.3 Å². The summed E-state index contributed by atoms with van der Waals surface area (Å²) < 4.78 is 5.79. The molecule has 4 aromatic rings. The molecule has 4 rings (SSSR count). The van der Waals surface area contributed by atoms with Crippen LogP contribution in [0.5, 0.6) is 0 Å². The number of aromatic nitrogens is 3. The number of nitrogens with zero attached hydrogens (tertiary/aromatic N) is 4. The molecule has 162 valence electrons. The van der Waals surface area contributed by atoms with E-state index in [0.717, 1.165) is 22.4 Å². The Morgan fingerprint density at radius 1 is 0.906 bits per heavy atom. The molecule has 0 spiro atoms. The number of carbonyl (C=O) groups is 1. The van der Waals surface area contributed by atoms with E-state index in [1.165, 1.54) is 5.56 Å². The Balaban J connectivity index is 1.45. The molecule has 2 heterocycles. The molecule has 0 saturated heterocycles. The lowest BCUT2D eigenvalue weighted by atomic mass is 10.1. The highest BCUT2D eigenvalue weighted by atomic mass is 16.4. The van der Waals surface area contributed by atoms with Crippen molar-refractivity contribution in [2.45, 2.75) is 39.8 Å². The summed E-state index contributed by atoms with van der Waals surface area (Å²) in [5.74, 6) is 0.953. The molecule has 0 aliphatic rings. The molecule has 0 saturated carbocycles. The highest BCUT2D eigenvalue weighted by molar-refractivity contribution is 5.76. The molecule has 6 heteroatoms. The van der Waals surface area contributed by atoms with Crippen LogP contribution < -0.4 is 0 Å². The van der Waals surface area contributed by atoms with Crippen LogP contribution in [0.3, 0.4) is 0 Å². The monoisotopic (exact) mass is 426 g/mol. The number of benzene rings is 2. The van der Waals surface area contributed by atoms with E-state index < -0.39 is 0 Å². The van der Waals surface area contributed by atoms with Crippen molar-refractivity contribution in [2.24, 2.45) is 0 Å². The third-order valence-corrected chi connectivity index (χ3v) is 5.37. The van der Waals surface area contributed by atoms with Crippen LogP contribution in [0, 0.1) is 13.8 Å². The molecule has 1 amide bonds. The highest BCUT2D eigenvalue weighted by Crippen LogP contribution is 2.19. The number of hydrogen-bond donors (Lipinski definition) is 0. The van der Waals surface area contributed by atoms with Crippen molar-refractivity contribution in [3.8, 4) is 11.5 Å². The van der Waals surface area contributed by atoms with Crippen LogP contribution >= 0.6 is 0 Å². The first-order valence-electron chi connectivity index (χ1n) is 10.7. The van der Waals surface area contributed by atoms with Crippen molar-refractivity contribution < 1.29 is 9.21 Å². The van der Waals surface area contributed by atoms with Gasteiger partial charge < -0.3 is 9.32 Å². The second kappa shape index (κ2) is 10.0. The summed E-state index contributed by atoms with van der Waals surface area (Å²) in [5, 5.41) is 8.26. The van der Waals surface area contributed by atoms with Crippen LogP contribution in [0.25, 0.3) is 11.5 Å². The Morgan fingerprint density at radius 2 is 1.69 bits per heavy atom. The second-order valence-electron chi connectivity index (χ2n) is 7.86. The van der Waals surface area contributed by atoms with E-state index in [1.807, 2.05) is 66.4 Å². The molecule has 0 aliphatic heterocycles. The van der Waals surface area contributed by atoms with Gasteiger partial charge in [-0.25, -0.2) is 0 Å². The topological polar surface area (TPSA) is 72.1 Å². The van der Waals surface area contributed by atoms with Gasteiger partial charge in [-0.05, 0) is 49.2 Å². The number of pyridine rings is 1. The van der Waals surface area contributed by atoms with Crippen LogP contribution in [0.4, 0.5) is 0 Å². The van der Waals surface area contributed by atoms with Crippen molar-refractivity contribution in [3.05, 3.63) is 101 Å². The highest BCUT2D eigenvalue weighted by Gasteiger charge is 2.18. The first-order chi connectivity index (χ1) is 15.6. The standard InChI is InChI=1S/C26H26N4O2/c1-19-10-12-21(13-11-19)26-29-28-24(32-26)14-15-25(31)30(18-23-9-5-6-16-27-23)17-22-8-4-3-7-20(22)2/h3-13,16H,14-15,17-18H2,1-2H3. The first kappa shape index (κ1) is 21.4. The minimum absolute atomic E-state index is 0.0222. The molecule has 2 aromatic carbocycles. The van der Waals surface area contributed by atoms with E-state index in [-0.39, 0.29) is 12.3 Å². The molecule has 6 nitrogen and oxygen atoms in total. The van der Waals surface area contributed by atoms with E-state index in [1.54, 1.807) is 6.20 Å². The van der Waals surface area contributed by atoms with Gasteiger partial charge in [0.1, 0.15) is 0 Å². The number of amides is 1. The maximum absolute atomic E-state index is 13.2. The van der Waals surface area contributed by atoms with E-state index in [4.69, 9.17) is 4.42 Å². The molecule has 0 bridgehead atoms. The Labute approximate surface area is 188 Å². The van der Waals surface area contributed by atoms with Crippen LogP contribution in [-0.2, 0) is 24.3 Å². The number of hydrogen-bond acceptors (Lipinski definition) is 5. The van der Waals surface area contributed by atoms with Crippen LogP contribution in [0.15, 0.2) is 77.3 Å². The van der Waals surface area contributed by atoms with E-state index in [9.17, 15) is 4.79 Å². The third-order valence-electron chi connectivity index (χ3n) is 5.37. The lowest BCUT2D eigenvalue weighted by Gasteiger charge is -2.23. The Kier molecular flexibility index (Phi) is 6.70. The molecule has 0 radical (unpaired) electrons. The zero-order valence-corrected chi connectivity index (χ0v) is 18.4. The van der Waals surface area contributed by atoms with Crippen LogP contribution in [0.1, 0.15) is 34.7 Å². The average Bonchev–Trinajstić information content (AvgIpc) is 3.29. The molecule has 2 aromatic heterocycles. The SMILES string of the molecule is Cc1ccc(-c2nnc(CCC(=O)N(Cc3ccccn3)Cc3ccccc3C)o2)cc1. The Hall–Kier alpha value is -3.80. The quantitative estimate of drug-likeness (QED) is 0.400. The first-order valence-corrected chi connectivity index (χ1v) is 10.7. The molecule has 32 heavy (non-hydrogen) atoms. The summed E-state index contributed by atoms with van der Waals surface area (Å²) in [6.07, 6.45) is 2.43. The molecule has 0 fully saturated rings. The fourth-order valence-electron chi connectivity index (χ4n) is 3.45. The number of aryl methyl sites for hydroxylation is 3. The molecular formula is C26H26N4O2. The van der Waals surface area contributed by atoms with Crippen molar-refractivity contribution >= 4 is 5.91 Å². The van der Waals surface area contributed by atoms with Crippen molar-refractivity contribution in [3.63, 3.8) is 0 Å². The maximum Gasteiger partial charge on any atom is 0.247 e. The van der Waals surface area contributed by atoms with Crippen molar-refractivity contribution in [1.82, 2.24) is 20.1 Å². The van der Waals surface area contributed by atoms with Crippen LogP contribution in [0.2, 0.25) is 0 Å². The fraction of sp³-hybridized carbons (Fsp3) is 0.231. The van der Waals surface area contributed by atoms with Gasteiger partial charge in [0.2, 0.25) is 17.7 Å². The lowest BCUT2D eigenvalue weighted by Crippen LogP contribution is -2.31. The van der Waals surface area contributed by atoms with Gasteiger partial charge in [-0.15, -0.1) is 10.2 Å². The summed E-state index contributed by atoms with van der Waals surface area (Å²) in [6, 6.07) is 21.8. The van der Waals surface area contributed by atoms with Crippen molar-refractivity contribution in [2.75, 3.05) is 0 Å². The predicted octanol–water partition coefficient (Wildman–Crippen LogP) is 4.91. The zero-order chi connectivity index (χ0) is 22.3. The molecular weight excluding hydrogens is 400 g/mol. The third kappa shape index (κ3) is 5.46. The summed E-state index contributed by atoms with van der Waals surface area (Å²) in [5.41, 5.74) is 5.17. The van der Waals surface area contributed by atoms with E-state index >= 15 is 0 Å². The minimum atomic E-state index is 0.0222. The van der Waals surface area contributed by atoms with Gasteiger partial charge in [-0.3, -0.25) is 9.78 Å². The average molecular weight is 427 g/mol. The molecule has 0 aliphatic carbocycles. The lowest BCUT2D eigenvalue weighted by molar-refractivity contribution is -0.132. The Bertz CT molecular complexity index is 1170. The summed E-state index contributed by atoms with van der Waals surface area (Å²) in [6.45, 7) is 5.07. The normalized spacial score (nSPS) is 10.8.